The van der Waals surface area contributed by atoms with Crippen LogP contribution in [0.25, 0.3) is 0 Å². The first-order valence-corrected chi connectivity index (χ1v) is 4.53. The number of unbranched alkanes of at least 4 members (excludes halogenated alkanes) is 1. The predicted molar refractivity (Wildman–Crippen MR) is 50.0 cm³/mol. The molecule has 0 aromatic rings. The quantitative estimate of drug-likeness (QED) is 0.519. The number of hydrogen-bond acceptors (Lipinski definition) is 3. The lowest BCUT2D eigenvalue weighted by Crippen LogP contribution is -2.49. The molecule has 0 aliphatic carbocycles. The molecule has 1 rings (SSSR count). The molecule has 1 aliphatic heterocycles. The summed E-state index contributed by atoms with van der Waals surface area (Å²) in [6.07, 6.45) is 1.99. The summed E-state index contributed by atoms with van der Waals surface area (Å²) in [6, 6.07) is 0. The van der Waals surface area contributed by atoms with E-state index in [0.29, 0.717) is 6.73 Å². The summed E-state index contributed by atoms with van der Waals surface area (Å²) in [5, 5.41) is 15.5. The Bertz CT molecular complexity index is 231. The largest absolute Gasteiger partial charge is 0.341 e. The molecule has 0 saturated carbocycles. The number of nitrogens with one attached hydrogen (secondary N) is 1. The van der Waals surface area contributed by atoms with Crippen molar-refractivity contribution >= 4 is 5.96 Å². The Labute approximate surface area is 81.9 Å². The predicted octanol–water partition coefficient (Wildman–Crippen LogP) is 0.171. The van der Waals surface area contributed by atoms with Crippen LogP contribution < -0.4 is 5.32 Å². The van der Waals surface area contributed by atoms with Gasteiger partial charge in [-0.2, -0.15) is 0 Å². The number of nitro groups is 1. The van der Waals surface area contributed by atoms with Crippen molar-refractivity contribution in [2.24, 2.45) is 5.10 Å². The molecule has 0 radical (unpaired) electrons. The number of hydrogen-bond donors (Lipinski definition) is 1. The zero-order chi connectivity index (χ0) is 10.4. The summed E-state index contributed by atoms with van der Waals surface area (Å²) in [5.74, 6) is 0.287. The van der Waals surface area contributed by atoms with E-state index in [1.54, 1.807) is 4.90 Å². The molecule has 0 bridgehead atoms. The summed E-state index contributed by atoms with van der Waals surface area (Å²) in [5.41, 5.74) is 0. The van der Waals surface area contributed by atoms with Gasteiger partial charge in [0.2, 0.25) is 0 Å². The molecular formula is C7H14N4O3. The van der Waals surface area contributed by atoms with E-state index in [9.17, 15) is 10.1 Å². The highest BCUT2D eigenvalue weighted by molar-refractivity contribution is 5.79. The molecule has 0 aromatic heterocycles. The monoisotopic (exact) mass is 202 g/mol. The second kappa shape index (κ2) is 5.38. The van der Waals surface area contributed by atoms with E-state index >= 15 is 0 Å². The average molecular weight is 202 g/mol. The molecule has 7 nitrogen and oxygen atoms in total. The SMILES string of the molecule is CCCCN1COCN/C1=N/[N+](=O)[O-]. The van der Waals surface area contributed by atoms with Crippen LogP contribution >= 0.6 is 0 Å². The molecule has 1 heterocycles. The van der Waals surface area contributed by atoms with Gasteiger partial charge in [0.1, 0.15) is 18.6 Å². The molecule has 0 amide bonds. The van der Waals surface area contributed by atoms with Gasteiger partial charge in [0.15, 0.2) is 5.03 Å². The lowest BCUT2D eigenvalue weighted by Gasteiger charge is -2.28. The topological polar surface area (TPSA) is 80.0 Å². The van der Waals surface area contributed by atoms with Gasteiger partial charge < -0.3 is 15.0 Å². The molecule has 0 aromatic carbocycles. The maximum Gasteiger partial charge on any atom is 0.274 e. The van der Waals surface area contributed by atoms with Gasteiger partial charge in [0.25, 0.3) is 5.96 Å². The Hall–Kier alpha value is -1.37. The third-order valence-corrected chi connectivity index (χ3v) is 1.84. The van der Waals surface area contributed by atoms with E-state index in [1.165, 1.54) is 0 Å². The summed E-state index contributed by atoms with van der Waals surface area (Å²) < 4.78 is 5.10. The van der Waals surface area contributed by atoms with Gasteiger partial charge >= 0.3 is 0 Å². The molecule has 14 heavy (non-hydrogen) atoms. The Morgan fingerprint density at radius 3 is 3.21 bits per heavy atom. The van der Waals surface area contributed by atoms with Crippen LogP contribution in [0.3, 0.4) is 0 Å². The first kappa shape index (κ1) is 10.7. The fourth-order valence-corrected chi connectivity index (χ4v) is 1.14. The van der Waals surface area contributed by atoms with Crippen molar-refractivity contribution in [2.75, 3.05) is 20.0 Å². The van der Waals surface area contributed by atoms with E-state index in [1.807, 2.05) is 0 Å². The maximum atomic E-state index is 10.2. The summed E-state index contributed by atoms with van der Waals surface area (Å²) in [7, 11) is 0. The highest BCUT2D eigenvalue weighted by Crippen LogP contribution is 2.00. The summed E-state index contributed by atoms with van der Waals surface area (Å²) in [4.78, 5) is 11.9. The number of hydrazone groups is 1. The van der Waals surface area contributed by atoms with Crippen LogP contribution in [-0.4, -0.2) is 35.9 Å². The van der Waals surface area contributed by atoms with Gasteiger partial charge in [-0.3, -0.25) is 0 Å². The first-order chi connectivity index (χ1) is 6.74. The zero-order valence-corrected chi connectivity index (χ0v) is 8.10. The third-order valence-electron chi connectivity index (χ3n) is 1.84. The van der Waals surface area contributed by atoms with Crippen molar-refractivity contribution in [3.05, 3.63) is 10.1 Å². The Morgan fingerprint density at radius 1 is 1.79 bits per heavy atom. The normalized spacial score (nSPS) is 19.5. The average Bonchev–Trinajstić information content (AvgIpc) is 2.16. The van der Waals surface area contributed by atoms with Gasteiger partial charge in [0, 0.05) is 6.54 Å². The van der Waals surface area contributed by atoms with Crippen LogP contribution in [0.5, 0.6) is 0 Å². The van der Waals surface area contributed by atoms with Gasteiger partial charge in [-0.1, -0.05) is 13.3 Å². The van der Waals surface area contributed by atoms with Crippen LogP contribution in [0.1, 0.15) is 19.8 Å². The Morgan fingerprint density at radius 2 is 2.57 bits per heavy atom. The van der Waals surface area contributed by atoms with Crippen molar-refractivity contribution in [3.63, 3.8) is 0 Å². The zero-order valence-electron chi connectivity index (χ0n) is 8.10. The first-order valence-electron chi connectivity index (χ1n) is 4.53. The number of guanidine groups is 1. The fourth-order valence-electron chi connectivity index (χ4n) is 1.14. The standard InChI is InChI=1S/C7H14N4O3/c1-2-3-4-10-6-14-5-8-7(10)9-11(12)13/h2-6H2,1H3,(H,8,9). The van der Waals surface area contributed by atoms with Crippen molar-refractivity contribution in [1.82, 2.24) is 10.2 Å². The Kier molecular flexibility index (Phi) is 4.11. The number of nitrogens with zero attached hydrogens (tertiary/aromatic N) is 3. The number of rotatable bonds is 4. The summed E-state index contributed by atoms with van der Waals surface area (Å²) in [6.45, 7) is 3.41. The van der Waals surface area contributed by atoms with E-state index in [2.05, 4.69) is 17.3 Å². The van der Waals surface area contributed by atoms with E-state index in [-0.39, 0.29) is 12.7 Å². The van der Waals surface area contributed by atoms with Crippen LogP contribution in [0, 0.1) is 10.1 Å². The van der Waals surface area contributed by atoms with Crippen molar-refractivity contribution in [3.8, 4) is 0 Å². The highest BCUT2D eigenvalue weighted by atomic mass is 16.7. The maximum absolute atomic E-state index is 10.2. The van der Waals surface area contributed by atoms with Crippen LogP contribution in [0.4, 0.5) is 0 Å². The van der Waals surface area contributed by atoms with E-state index in [0.717, 1.165) is 19.4 Å². The smallest absolute Gasteiger partial charge is 0.274 e. The molecular weight excluding hydrogens is 188 g/mol. The molecule has 1 N–H and O–H groups in total. The minimum absolute atomic E-state index is 0.273. The van der Waals surface area contributed by atoms with Crippen LogP contribution in [0.15, 0.2) is 5.10 Å². The Balaban J connectivity index is 2.54. The summed E-state index contributed by atoms with van der Waals surface area (Å²) >= 11 is 0. The molecule has 80 valence electrons. The van der Waals surface area contributed by atoms with Crippen molar-refractivity contribution in [1.29, 1.82) is 0 Å². The van der Waals surface area contributed by atoms with Crippen LogP contribution in [-0.2, 0) is 4.74 Å². The van der Waals surface area contributed by atoms with Gasteiger partial charge in [-0.15, -0.1) is 0 Å². The lowest BCUT2D eigenvalue weighted by molar-refractivity contribution is -0.486. The second-order valence-corrected chi connectivity index (χ2v) is 2.93. The second-order valence-electron chi connectivity index (χ2n) is 2.93. The fraction of sp³-hybridized carbons (Fsp3) is 0.857. The van der Waals surface area contributed by atoms with E-state index < -0.39 is 5.03 Å². The molecule has 0 unspecified atom stereocenters. The van der Waals surface area contributed by atoms with E-state index in [4.69, 9.17) is 4.74 Å². The molecule has 7 heteroatoms. The third kappa shape index (κ3) is 3.17. The highest BCUT2D eigenvalue weighted by Gasteiger charge is 2.18. The van der Waals surface area contributed by atoms with Gasteiger partial charge in [-0.25, -0.2) is 10.1 Å². The molecule has 0 spiro atoms. The minimum Gasteiger partial charge on any atom is -0.341 e. The molecule has 1 aliphatic rings. The van der Waals surface area contributed by atoms with Gasteiger partial charge in [-0.05, 0) is 6.42 Å². The lowest BCUT2D eigenvalue weighted by atomic mass is 10.3. The van der Waals surface area contributed by atoms with Crippen molar-refractivity contribution < 1.29 is 9.77 Å². The molecule has 0 atom stereocenters. The minimum atomic E-state index is -0.702. The van der Waals surface area contributed by atoms with Crippen molar-refractivity contribution in [2.45, 2.75) is 19.8 Å². The number of ether oxygens (including phenoxy) is 1. The molecule has 1 saturated heterocycles. The van der Waals surface area contributed by atoms with Gasteiger partial charge in [0.05, 0.1) is 0 Å². The molecule has 1 fully saturated rings. The van der Waals surface area contributed by atoms with Crippen LogP contribution in [0.2, 0.25) is 0 Å².